The lowest BCUT2D eigenvalue weighted by atomic mass is 9.92. The third kappa shape index (κ3) is 5.10. The molecule has 2 rings (SSSR count). The van der Waals surface area contributed by atoms with E-state index < -0.39 is 0 Å². The van der Waals surface area contributed by atoms with Gasteiger partial charge in [-0.15, -0.1) is 0 Å². The first-order chi connectivity index (χ1) is 11.8. The Kier molecular flexibility index (Phi) is 6.69. The van der Waals surface area contributed by atoms with Crippen LogP contribution in [0, 0.1) is 0 Å². The van der Waals surface area contributed by atoms with Gasteiger partial charge < -0.3 is 5.32 Å². The van der Waals surface area contributed by atoms with Crippen molar-refractivity contribution in [2.45, 2.75) is 39.5 Å². The maximum atomic E-state index is 12.4. The van der Waals surface area contributed by atoms with Crippen molar-refractivity contribution in [1.82, 2.24) is 0 Å². The third-order valence-electron chi connectivity index (χ3n) is 4.00. The number of nitrogens with one attached hydrogen (secondary N) is 1. The van der Waals surface area contributed by atoms with Gasteiger partial charge >= 0.3 is 0 Å². The number of hydrogen-bond acceptors (Lipinski definition) is 1. The molecule has 0 bridgehead atoms. The molecule has 0 atom stereocenters. The Bertz CT molecular complexity index is 768. The van der Waals surface area contributed by atoms with Crippen LogP contribution in [0.15, 0.2) is 42.5 Å². The molecule has 2 aromatic carbocycles. The molecule has 0 fully saturated rings. The fourth-order valence-electron chi connectivity index (χ4n) is 2.66. The van der Waals surface area contributed by atoms with Crippen LogP contribution in [-0.4, -0.2) is 5.91 Å². The first-order valence-electron chi connectivity index (χ1n) is 8.36. The molecule has 0 aliphatic rings. The van der Waals surface area contributed by atoms with Crippen molar-refractivity contribution in [3.05, 3.63) is 69.2 Å². The summed E-state index contributed by atoms with van der Waals surface area (Å²) in [5, 5.41) is 4.13. The maximum Gasteiger partial charge on any atom is 0.248 e. The summed E-state index contributed by atoms with van der Waals surface area (Å²) in [6.45, 7) is 8.49. The number of para-hydroxylation sites is 1. The number of halogens is 2. The second-order valence-electron chi connectivity index (χ2n) is 6.61. The standard InChI is InChI=1S/C21H23Cl2NO/c1-13(2)17-6-5-7-18(14(3)4)21(17)24-20(25)11-9-15-8-10-16(22)12-19(15)23/h5-14H,1-4H3,(H,24,25)/b11-9+. The Morgan fingerprint density at radius 2 is 1.60 bits per heavy atom. The van der Waals surface area contributed by atoms with Crippen LogP contribution in [0.4, 0.5) is 5.69 Å². The molecule has 0 heterocycles. The van der Waals surface area contributed by atoms with Crippen molar-refractivity contribution in [2.24, 2.45) is 0 Å². The monoisotopic (exact) mass is 375 g/mol. The minimum absolute atomic E-state index is 0.180. The van der Waals surface area contributed by atoms with E-state index in [4.69, 9.17) is 23.2 Å². The van der Waals surface area contributed by atoms with Gasteiger partial charge in [-0.05, 0) is 46.7 Å². The van der Waals surface area contributed by atoms with Gasteiger partial charge in [-0.1, -0.05) is 75.2 Å². The molecule has 132 valence electrons. The van der Waals surface area contributed by atoms with Crippen molar-refractivity contribution in [3.8, 4) is 0 Å². The molecule has 0 spiro atoms. The summed E-state index contributed by atoms with van der Waals surface area (Å²) in [4.78, 5) is 12.4. The number of hydrogen-bond donors (Lipinski definition) is 1. The SMILES string of the molecule is CC(C)c1cccc(C(C)C)c1NC(=O)/C=C/c1ccc(Cl)cc1Cl. The number of anilines is 1. The molecule has 0 radical (unpaired) electrons. The number of benzene rings is 2. The summed E-state index contributed by atoms with van der Waals surface area (Å²) < 4.78 is 0. The molecule has 0 saturated heterocycles. The summed E-state index contributed by atoms with van der Waals surface area (Å²) in [6, 6.07) is 11.4. The Morgan fingerprint density at radius 3 is 2.12 bits per heavy atom. The van der Waals surface area contributed by atoms with Crippen LogP contribution in [0.3, 0.4) is 0 Å². The number of carbonyl (C=O) groups excluding carboxylic acids is 1. The van der Waals surface area contributed by atoms with E-state index >= 15 is 0 Å². The number of carbonyl (C=O) groups is 1. The molecule has 1 amide bonds. The van der Waals surface area contributed by atoms with Crippen molar-refractivity contribution >= 4 is 40.9 Å². The second-order valence-corrected chi connectivity index (χ2v) is 7.45. The van der Waals surface area contributed by atoms with Crippen molar-refractivity contribution < 1.29 is 4.79 Å². The van der Waals surface area contributed by atoms with Crippen molar-refractivity contribution in [3.63, 3.8) is 0 Å². The van der Waals surface area contributed by atoms with E-state index in [2.05, 4.69) is 45.1 Å². The van der Waals surface area contributed by atoms with Gasteiger partial charge in [0.25, 0.3) is 0 Å². The summed E-state index contributed by atoms with van der Waals surface area (Å²) in [5.74, 6) is 0.466. The molecule has 25 heavy (non-hydrogen) atoms. The predicted octanol–water partition coefficient (Wildman–Crippen LogP) is 6.89. The summed E-state index contributed by atoms with van der Waals surface area (Å²) >= 11 is 12.0. The third-order valence-corrected chi connectivity index (χ3v) is 4.56. The molecule has 0 aliphatic carbocycles. The molecule has 0 aliphatic heterocycles. The zero-order chi connectivity index (χ0) is 18.6. The molecule has 2 aromatic rings. The zero-order valence-electron chi connectivity index (χ0n) is 14.9. The van der Waals surface area contributed by atoms with Crippen LogP contribution in [-0.2, 0) is 4.79 Å². The minimum atomic E-state index is -0.180. The molecule has 0 saturated carbocycles. The van der Waals surface area contributed by atoms with E-state index in [9.17, 15) is 4.79 Å². The average Bonchev–Trinajstić information content (AvgIpc) is 2.53. The molecule has 0 aromatic heterocycles. The maximum absolute atomic E-state index is 12.4. The normalized spacial score (nSPS) is 11.5. The zero-order valence-corrected chi connectivity index (χ0v) is 16.4. The van der Waals surface area contributed by atoms with Crippen LogP contribution < -0.4 is 5.32 Å². The van der Waals surface area contributed by atoms with Crippen LogP contribution in [0.25, 0.3) is 6.08 Å². The first-order valence-corrected chi connectivity index (χ1v) is 9.12. The topological polar surface area (TPSA) is 29.1 Å². The van der Waals surface area contributed by atoms with Gasteiger partial charge in [-0.3, -0.25) is 4.79 Å². The summed E-state index contributed by atoms with van der Waals surface area (Å²) in [7, 11) is 0. The van der Waals surface area contributed by atoms with E-state index in [-0.39, 0.29) is 5.91 Å². The highest BCUT2D eigenvalue weighted by atomic mass is 35.5. The van der Waals surface area contributed by atoms with Gasteiger partial charge in [0.15, 0.2) is 0 Å². The Labute approximate surface area is 159 Å². The smallest absolute Gasteiger partial charge is 0.248 e. The summed E-state index contributed by atoms with van der Waals surface area (Å²) in [5.41, 5.74) is 3.93. The fourth-order valence-corrected chi connectivity index (χ4v) is 3.13. The highest BCUT2D eigenvalue weighted by molar-refractivity contribution is 6.35. The van der Waals surface area contributed by atoms with Gasteiger partial charge in [-0.2, -0.15) is 0 Å². The van der Waals surface area contributed by atoms with Crippen LogP contribution in [0.5, 0.6) is 0 Å². The second kappa shape index (κ2) is 8.55. The van der Waals surface area contributed by atoms with Gasteiger partial charge in [0, 0.05) is 21.8 Å². The van der Waals surface area contributed by atoms with Gasteiger partial charge in [-0.25, -0.2) is 0 Å². The van der Waals surface area contributed by atoms with E-state index in [1.807, 2.05) is 6.07 Å². The highest BCUT2D eigenvalue weighted by Crippen LogP contribution is 2.32. The molecule has 2 nitrogen and oxygen atoms in total. The number of rotatable bonds is 5. The Balaban J connectivity index is 2.27. The van der Waals surface area contributed by atoms with Crippen LogP contribution in [0.2, 0.25) is 10.0 Å². The molecule has 0 unspecified atom stereocenters. The minimum Gasteiger partial charge on any atom is -0.322 e. The lowest BCUT2D eigenvalue weighted by Crippen LogP contribution is -2.13. The Hall–Kier alpha value is -1.77. The van der Waals surface area contributed by atoms with Crippen LogP contribution >= 0.6 is 23.2 Å². The van der Waals surface area contributed by atoms with Crippen molar-refractivity contribution in [1.29, 1.82) is 0 Å². The van der Waals surface area contributed by atoms with E-state index in [1.54, 1.807) is 24.3 Å². The number of amides is 1. The van der Waals surface area contributed by atoms with E-state index in [0.29, 0.717) is 21.9 Å². The van der Waals surface area contributed by atoms with Gasteiger partial charge in [0.05, 0.1) is 0 Å². The lowest BCUT2D eigenvalue weighted by molar-refractivity contribution is -0.111. The largest absolute Gasteiger partial charge is 0.322 e. The van der Waals surface area contributed by atoms with Crippen LogP contribution in [0.1, 0.15) is 56.2 Å². The highest BCUT2D eigenvalue weighted by Gasteiger charge is 2.15. The average molecular weight is 376 g/mol. The Morgan fingerprint density at radius 1 is 1.00 bits per heavy atom. The molecule has 4 heteroatoms. The van der Waals surface area contributed by atoms with Gasteiger partial charge in [0.2, 0.25) is 5.91 Å². The van der Waals surface area contributed by atoms with E-state index in [1.165, 1.54) is 6.08 Å². The molecule has 1 N–H and O–H groups in total. The quantitative estimate of drug-likeness (QED) is 0.566. The lowest BCUT2D eigenvalue weighted by Gasteiger charge is -2.19. The van der Waals surface area contributed by atoms with Gasteiger partial charge in [0.1, 0.15) is 0 Å². The molecular formula is C21H23Cl2NO. The van der Waals surface area contributed by atoms with E-state index in [0.717, 1.165) is 22.4 Å². The predicted molar refractivity (Wildman–Crippen MR) is 109 cm³/mol. The van der Waals surface area contributed by atoms with Crippen molar-refractivity contribution in [2.75, 3.05) is 5.32 Å². The first kappa shape index (κ1) is 19.6. The fraction of sp³-hybridized carbons (Fsp3) is 0.286. The summed E-state index contributed by atoms with van der Waals surface area (Å²) in [6.07, 6.45) is 3.19. The molecular weight excluding hydrogens is 353 g/mol.